The molecule has 524 valence electrons. The van der Waals surface area contributed by atoms with Crippen LogP contribution in [0.15, 0.2) is 116 Å². The maximum absolute atomic E-state index is 15.0. The average molecular weight is 1400 g/mol. The van der Waals surface area contributed by atoms with E-state index in [1.165, 1.54) is 89.6 Å². The summed E-state index contributed by atoms with van der Waals surface area (Å²) >= 11 is 2.89. The number of aromatic amines is 3. The van der Waals surface area contributed by atoms with E-state index in [1.54, 1.807) is 30.5 Å². The predicted octanol–water partition coefficient (Wildman–Crippen LogP) is 2.74. The number of hydrogen-bond acceptors (Lipinski definition) is 16. The number of halogens is 1. The van der Waals surface area contributed by atoms with E-state index in [0.29, 0.717) is 76.0 Å². The van der Waals surface area contributed by atoms with E-state index in [4.69, 9.17) is 11.5 Å². The Morgan fingerprint density at radius 2 is 1.28 bits per heavy atom. The van der Waals surface area contributed by atoms with Gasteiger partial charge in [0.2, 0.25) is 53.2 Å². The number of aromatic nitrogens is 4. The van der Waals surface area contributed by atoms with E-state index in [0.717, 1.165) is 11.1 Å². The van der Waals surface area contributed by atoms with Crippen LogP contribution < -0.4 is 48.7 Å². The van der Waals surface area contributed by atoms with Gasteiger partial charge >= 0.3 is 5.97 Å². The van der Waals surface area contributed by atoms with Gasteiger partial charge in [-0.1, -0.05) is 54.6 Å². The Hall–Kier alpha value is -10.1. The fourth-order valence-corrected chi connectivity index (χ4v) is 14.1. The van der Waals surface area contributed by atoms with E-state index >= 15 is 14.4 Å². The van der Waals surface area contributed by atoms with Crippen molar-refractivity contribution in [2.24, 2.45) is 17.4 Å². The van der Waals surface area contributed by atoms with Gasteiger partial charge in [-0.2, -0.15) is 23.5 Å². The Kier molecular flexibility index (Phi) is 26.2. The van der Waals surface area contributed by atoms with E-state index in [1.807, 2.05) is 24.3 Å². The third-order valence-electron chi connectivity index (χ3n) is 17.3. The third kappa shape index (κ3) is 21.0. The Morgan fingerprint density at radius 1 is 0.646 bits per heavy atom. The summed E-state index contributed by atoms with van der Waals surface area (Å²) in [6.07, 6.45) is 5.04. The van der Waals surface area contributed by atoms with E-state index < -0.39 is 138 Å². The number of rotatable bonds is 15. The number of Topliss-reactive ketones (excluding diaryl/α,β-unsaturated/α-hetero) is 1. The molecule has 0 unspecified atom stereocenters. The lowest BCUT2D eigenvalue weighted by Crippen LogP contribution is -2.61. The largest absolute Gasteiger partial charge is 0.508 e. The van der Waals surface area contributed by atoms with Crippen molar-refractivity contribution < 1.29 is 67.3 Å². The Bertz CT molecular complexity index is 4040. The van der Waals surface area contributed by atoms with Crippen LogP contribution in [-0.2, 0) is 89.9 Å². The summed E-state index contributed by atoms with van der Waals surface area (Å²) in [4.78, 5) is 171. The maximum Gasteiger partial charge on any atom is 0.305 e. The molecule has 9 amide bonds. The number of amides is 9. The molecule has 3 aromatic heterocycles. The molecule has 30 heteroatoms. The molecule has 27 nitrogen and oxygen atoms in total. The van der Waals surface area contributed by atoms with Gasteiger partial charge in [0.15, 0.2) is 5.78 Å². The molecule has 1 saturated heterocycles. The summed E-state index contributed by atoms with van der Waals surface area (Å²) in [5, 5.41) is 40.0. The van der Waals surface area contributed by atoms with Crippen LogP contribution in [0.4, 0.5) is 4.39 Å². The number of imidazole rings is 1. The number of nitrogens with zero attached hydrogens (tertiary/aromatic N) is 2. The highest BCUT2D eigenvalue weighted by Crippen LogP contribution is 2.28. The number of carbonyl (C=O) groups excluding carboxylic acids is 10. The number of nitrogens with one attached hydrogen (secondary N) is 10. The highest BCUT2D eigenvalue weighted by atomic mass is 32.2. The number of hydrogen-bond donors (Lipinski definition) is 14. The van der Waals surface area contributed by atoms with Crippen molar-refractivity contribution in [2.75, 3.05) is 31.1 Å². The summed E-state index contributed by atoms with van der Waals surface area (Å²) in [5.41, 5.74) is 16.3. The monoisotopic (exact) mass is 1400 g/mol. The molecule has 2 aliphatic heterocycles. The molecule has 2 aliphatic rings. The molecule has 0 spiro atoms. The third-order valence-corrected chi connectivity index (χ3v) is 19.5. The molecule has 99 heavy (non-hydrogen) atoms. The van der Waals surface area contributed by atoms with E-state index in [-0.39, 0.29) is 74.3 Å². The number of carboxylic acid groups (broad SMARTS) is 1. The number of phenols is 1. The normalized spacial score (nSPS) is 22.2. The lowest BCUT2D eigenvalue weighted by Gasteiger charge is -2.30. The fourth-order valence-electron chi connectivity index (χ4n) is 12.1. The minimum Gasteiger partial charge on any atom is -0.508 e. The van der Waals surface area contributed by atoms with Gasteiger partial charge in [-0.25, -0.2) is 9.37 Å². The molecule has 9 rings (SSSR count). The van der Waals surface area contributed by atoms with Crippen molar-refractivity contribution in [3.05, 3.63) is 155 Å². The van der Waals surface area contributed by atoms with Gasteiger partial charge in [0.05, 0.1) is 31.3 Å². The summed E-state index contributed by atoms with van der Waals surface area (Å²) < 4.78 is 14.9. The van der Waals surface area contributed by atoms with Gasteiger partial charge in [0.25, 0.3) is 0 Å². The number of unbranched alkanes of at least 4 members (excludes halogenated alkanes) is 1. The number of primary amides is 1. The van der Waals surface area contributed by atoms with E-state index in [9.17, 15) is 53.0 Å². The number of carboxylic acids is 1. The van der Waals surface area contributed by atoms with Crippen LogP contribution >= 0.6 is 23.5 Å². The second-order valence-electron chi connectivity index (χ2n) is 24.6. The number of aliphatic carboxylic acids is 1. The van der Waals surface area contributed by atoms with Crippen LogP contribution in [0.5, 0.6) is 5.75 Å². The van der Waals surface area contributed by atoms with Gasteiger partial charge in [0.1, 0.15) is 47.8 Å². The van der Waals surface area contributed by atoms with Gasteiger partial charge in [-0.05, 0) is 103 Å². The number of aromatic hydroxyl groups is 1. The lowest BCUT2D eigenvalue weighted by molar-refractivity contribution is -0.142. The van der Waals surface area contributed by atoms with Crippen LogP contribution in [-0.4, -0.2) is 173 Å². The molecule has 0 radical (unpaired) electrons. The number of nitrogens with two attached hydrogens (primary N) is 2. The number of ketones is 1. The molecule has 1 fully saturated rings. The predicted molar refractivity (Wildman–Crippen MR) is 368 cm³/mol. The van der Waals surface area contributed by atoms with Crippen molar-refractivity contribution in [1.82, 2.24) is 62.1 Å². The Morgan fingerprint density at radius 3 is 1.97 bits per heavy atom. The number of H-pyrrole nitrogens is 3. The second kappa shape index (κ2) is 35.4. The summed E-state index contributed by atoms with van der Waals surface area (Å²) in [6, 6.07) is 14.1. The molecule has 0 saturated carbocycles. The smallest absolute Gasteiger partial charge is 0.305 e. The molecule has 4 aromatic carbocycles. The highest BCUT2D eigenvalue weighted by Gasteiger charge is 2.41. The summed E-state index contributed by atoms with van der Waals surface area (Å²) in [6.45, 7) is -0.268. The molecule has 8 atom stereocenters. The van der Waals surface area contributed by atoms with Crippen LogP contribution in [0.1, 0.15) is 84.9 Å². The number of fused-ring (bicyclic) bond motifs is 5. The summed E-state index contributed by atoms with van der Waals surface area (Å²) in [5.74, 6) is -9.78. The van der Waals surface area contributed by atoms with Crippen molar-refractivity contribution >= 4 is 110 Å². The standard InChI is InChI=1S/C69H81FN14O13S2/c70-45-15-18-51-49(28-45)43(32-75-51)26-54-66(94)82-56(30-62(89)90)68(96)81-55(29-46-33-73-38-77-46)67(95)83-57(24-39-13-16-47(85)17-14-39)69(97)84-21-6-12-58(84)59(86)27-44(63(72)91)37-99-36-41-8-5-7-40(23-41)35-98-22-19-60(87)78-52(11-3-4-20-71)64(92)76-34-61(88)79-53(65(93)80-54)25-42-31-74-50-10-2-1-9-48(42)50/h1-2,5,7-10,13-18,23,28,31-33,38,44,52-58,74-75,85H,3-4,6,11-12,19-22,24-27,29-30,34-37,71H2,(H2,72,91)(H,73,77)(H,76,92)(H,78,87)(H,79,88)(H,80,93)(H,81,96)(H,82,94)(H,83,95)(H,89,90)/t44-,52-,53+,54-,55-,56-,57-,58-/m0/s1. The maximum atomic E-state index is 15.0. The van der Waals surface area contributed by atoms with Gasteiger partial charge < -0.3 is 78.7 Å². The topological polar surface area (TPSA) is 428 Å². The molecule has 16 N–H and O–H groups in total. The second-order valence-corrected chi connectivity index (χ2v) is 26.7. The molecule has 7 aromatic rings. The first-order chi connectivity index (χ1) is 47.7. The van der Waals surface area contributed by atoms with Crippen LogP contribution in [0.3, 0.4) is 0 Å². The van der Waals surface area contributed by atoms with Crippen molar-refractivity contribution in [1.29, 1.82) is 0 Å². The SMILES string of the molecule is NCCCC[C@@H]1NC(=O)CCSCc2cccc(c2)CSC[C@@H](C(N)=O)CC(=O)[C@@H]2CCCN2C(=O)[C@H](Cc2ccc(O)cc2)NC(=O)[C@H](Cc2cnc[nH]2)NC(=O)[C@H](CC(=O)O)NC(=O)[C@H](Cc2c[nH]c3ccc(F)cc23)NC(=O)[C@@H](Cc2c[nH]c3ccccc23)NC(=O)CNC1=O. The van der Waals surface area contributed by atoms with Crippen molar-refractivity contribution in [2.45, 2.75) is 131 Å². The number of carbonyl (C=O) groups is 11. The van der Waals surface area contributed by atoms with Crippen molar-refractivity contribution in [3.8, 4) is 5.75 Å². The minimum atomic E-state index is -2.00. The Balaban J connectivity index is 1.04. The van der Waals surface area contributed by atoms with Crippen LogP contribution in [0, 0.1) is 11.7 Å². The van der Waals surface area contributed by atoms with E-state index in [2.05, 4.69) is 57.2 Å². The average Bonchev–Trinajstić information content (AvgIpc) is 1.78. The van der Waals surface area contributed by atoms with Gasteiger partial charge in [-0.3, -0.25) is 52.7 Å². The zero-order chi connectivity index (χ0) is 70.5. The molecule has 5 heterocycles. The quantitative estimate of drug-likeness (QED) is 0.0656. The molecule has 2 bridgehead atoms. The number of phenolic OH excluding ortho intramolecular Hbond substituents is 1. The number of thioether (sulfide) groups is 2. The minimum absolute atomic E-state index is 0.0414. The van der Waals surface area contributed by atoms with Crippen molar-refractivity contribution in [3.63, 3.8) is 0 Å². The molecular weight excluding hydrogens is 1320 g/mol. The first-order valence-electron chi connectivity index (χ1n) is 32.6. The van der Waals surface area contributed by atoms with Crippen LogP contribution in [0.2, 0.25) is 0 Å². The fraction of sp³-hybridized carbons (Fsp3) is 0.391. The molecule has 0 aliphatic carbocycles. The first-order valence-corrected chi connectivity index (χ1v) is 34.9. The van der Waals surface area contributed by atoms with Gasteiger partial charge in [0, 0.05) is 114 Å². The number of para-hydroxylation sites is 1. The lowest BCUT2D eigenvalue weighted by atomic mass is 9.97. The Labute approximate surface area is 577 Å². The zero-order valence-corrected chi connectivity index (χ0v) is 55.8. The van der Waals surface area contributed by atoms with Gasteiger partial charge in [-0.15, -0.1) is 0 Å². The van der Waals surface area contributed by atoms with Crippen LogP contribution in [0.25, 0.3) is 21.8 Å². The summed E-state index contributed by atoms with van der Waals surface area (Å²) in [7, 11) is 0. The molecular formula is C69H81FN14O13S2. The first kappa shape index (κ1) is 73.2. The highest BCUT2D eigenvalue weighted by molar-refractivity contribution is 7.98. The zero-order valence-electron chi connectivity index (χ0n) is 54.2. The number of benzene rings is 4.